The zero-order chi connectivity index (χ0) is 15.2. The molecule has 0 saturated carbocycles. The summed E-state index contributed by atoms with van der Waals surface area (Å²) in [5.41, 5.74) is 0.892. The summed E-state index contributed by atoms with van der Waals surface area (Å²) in [7, 11) is 0. The molecule has 0 aliphatic rings. The minimum atomic E-state index is -2.15. The van der Waals surface area contributed by atoms with Gasteiger partial charge in [0.2, 0.25) is 5.82 Å². The van der Waals surface area contributed by atoms with Crippen molar-refractivity contribution in [2.75, 3.05) is 0 Å². The van der Waals surface area contributed by atoms with Crippen LogP contribution in [-0.2, 0) is 0 Å². The fourth-order valence-corrected chi connectivity index (χ4v) is 2.40. The molecule has 0 N–H and O–H groups in total. The molecule has 0 fully saturated rings. The average Bonchev–Trinajstić information content (AvgIpc) is 2.37. The van der Waals surface area contributed by atoms with Gasteiger partial charge in [-0.2, -0.15) is 0 Å². The maximum atomic E-state index is 13.8. The summed E-state index contributed by atoms with van der Waals surface area (Å²) in [5, 5.41) is 0. The van der Waals surface area contributed by atoms with E-state index in [1.165, 1.54) is 0 Å². The lowest BCUT2D eigenvalue weighted by atomic mass is 9.93. The van der Waals surface area contributed by atoms with Crippen LogP contribution in [0.1, 0.15) is 16.7 Å². The molecule has 0 spiro atoms. The van der Waals surface area contributed by atoms with Gasteiger partial charge in [-0.3, -0.25) is 0 Å². The molecule has 0 aliphatic carbocycles. The topological polar surface area (TPSA) is 0 Å². The Labute approximate surface area is 112 Å². The third-order valence-electron chi connectivity index (χ3n) is 3.14. The van der Waals surface area contributed by atoms with E-state index in [0.717, 1.165) is 5.56 Å². The fraction of sp³-hybridized carbons (Fsp3) is 0.200. The Morgan fingerprint density at radius 1 is 0.550 bits per heavy atom. The van der Waals surface area contributed by atoms with Gasteiger partial charge in [0.1, 0.15) is 0 Å². The van der Waals surface area contributed by atoms with Crippen molar-refractivity contribution in [2.45, 2.75) is 20.8 Å². The van der Waals surface area contributed by atoms with E-state index in [2.05, 4.69) is 0 Å². The van der Waals surface area contributed by atoms with Gasteiger partial charge in [-0.15, -0.1) is 0 Å². The average molecular weight is 286 g/mol. The largest absolute Gasteiger partial charge is 0.203 e. The third-order valence-corrected chi connectivity index (χ3v) is 3.14. The maximum Gasteiger partial charge on any atom is 0.200 e. The van der Waals surface area contributed by atoms with Crippen LogP contribution in [-0.4, -0.2) is 0 Å². The Morgan fingerprint density at radius 3 is 1.30 bits per heavy atom. The number of hydrogen-bond donors (Lipinski definition) is 0. The Bertz CT molecular complexity index is 652. The van der Waals surface area contributed by atoms with Crippen LogP contribution in [0.3, 0.4) is 0 Å². The molecular formula is C15H11F5. The van der Waals surface area contributed by atoms with Gasteiger partial charge in [-0.1, -0.05) is 17.7 Å². The van der Waals surface area contributed by atoms with Gasteiger partial charge in [0.25, 0.3) is 0 Å². The van der Waals surface area contributed by atoms with E-state index >= 15 is 0 Å². The van der Waals surface area contributed by atoms with Crippen molar-refractivity contribution in [3.05, 3.63) is 57.9 Å². The molecule has 2 rings (SSSR count). The summed E-state index contributed by atoms with van der Waals surface area (Å²) < 4.78 is 67.2. The first-order chi connectivity index (χ1) is 9.25. The lowest BCUT2D eigenvalue weighted by Gasteiger charge is -2.14. The standard InChI is InChI=1S/C15H11F5/c1-6-4-7(2)9(8(3)5-6)10-11(16)13(18)15(20)14(19)12(10)17/h4-5H,1-3H3. The van der Waals surface area contributed by atoms with Crippen LogP contribution in [0.15, 0.2) is 12.1 Å². The molecule has 0 amide bonds. The van der Waals surface area contributed by atoms with Crippen molar-refractivity contribution in [3.63, 3.8) is 0 Å². The van der Waals surface area contributed by atoms with Crippen molar-refractivity contribution in [2.24, 2.45) is 0 Å². The zero-order valence-corrected chi connectivity index (χ0v) is 11.0. The van der Waals surface area contributed by atoms with E-state index in [9.17, 15) is 22.0 Å². The maximum absolute atomic E-state index is 13.8. The summed E-state index contributed by atoms with van der Waals surface area (Å²) in [6.07, 6.45) is 0. The molecule has 0 unspecified atom stereocenters. The molecule has 0 radical (unpaired) electrons. The van der Waals surface area contributed by atoms with Crippen molar-refractivity contribution in [3.8, 4) is 11.1 Å². The number of benzene rings is 2. The van der Waals surface area contributed by atoms with Crippen LogP contribution in [0.4, 0.5) is 22.0 Å². The van der Waals surface area contributed by atoms with E-state index in [1.54, 1.807) is 32.9 Å². The molecule has 5 heteroatoms. The van der Waals surface area contributed by atoms with Gasteiger partial charge in [0, 0.05) is 0 Å². The van der Waals surface area contributed by atoms with Gasteiger partial charge in [0.15, 0.2) is 23.3 Å². The molecule has 0 heterocycles. The van der Waals surface area contributed by atoms with Gasteiger partial charge in [-0.05, 0) is 37.5 Å². The highest BCUT2D eigenvalue weighted by Crippen LogP contribution is 2.35. The minimum Gasteiger partial charge on any atom is -0.203 e. The van der Waals surface area contributed by atoms with Crippen LogP contribution in [0.2, 0.25) is 0 Å². The lowest BCUT2D eigenvalue weighted by Crippen LogP contribution is -2.06. The SMILES string of the molecule is Cc1cc(C)c(-c2c(F)c(F)c(F)c(F)c2F)c(C)c1. The van der Waals surface area contributed by atoms with Crippen LogP contribution >= 0.6 is 0 Å². The summed E-state index contributed by atoms with van der Waals surface area (Å²) in [5.74, 6) is -9.63. The van der Waals surface area contributed by atoms with Gasteiger partial charge in [0.05, 0.1) is 5.56 Å². The summed E-state index contributed by atoms with van der Waals surface area (Å²) >= 11 is 0. The van der Waals surface area contributed by atoms with Gasteiger partial charge in [-0.25, -0.2) is 22.0 Å². The first-order valence-corrected chi connectivity index (χ1v) is 5.85. The number of hydrogen-bond acceptors (Lipinski definition) is 0. The number of aryl methyl sites for hydroxylation is 3. The lowest BCUT2D eigenvalue weighted by molar-refractivity contribution is 0.381. The quantitative estimate of drug-likeness (QED) is 0.394. The molecule has 0 bridgehead atoms. The van der Waals surface area contributed by atoms with Crippen LogP contribution < -0.4 is 0 Å². The Balaban J connectivity index is 2.91. The molecule has 0 atom stereocenters. The number of halogens is 5. The predicted octanol–water partition coefficient (Wildman–Crippen LogP) is 4.97. The molecule has 106 valence electrons. The van der Waals surface area contributed by atoms with Crippen LogP contribution in [0, 0.1) is 49.9 Å². The molecule has 2 aromatic rings. The van der Waals surface area contributed by atoms with Gasteiger partial charge >= 0.3 is 0 Å². The Morgan fingerprint density at radius 2 is 0.900 bits per heavy atom. The second kappa shape index (κ2) is 4.89. The number of rotatable bonds is 1. The monoisotopic (exact) mass is 286 g/mol. The van der Waals surface area contributed by atoms with Crippen LogP contribution in [0.25, 0.3) is 11.1 Å². The predicted molar refractivity (Wildman–Crippen MR) is 65.9 cm³/mol. The zero-order valence-electron chi connectivity index (χ0n) is 11.0. The van der Waals surface area contributed by atoms with Crippen LogP contribution in [0.5, 0.6) is 0 Å². The first-order valence-electron chi connectivity index (χ1n) is 5.85. The van der Waals surface area contributed by atoms with Crippen molar-refractivity contribution in [1.29, 1.82) is 0 Å². The molecule has 0 aliphatic heterocycles. The second-order valence-corrected chi connectivity index (χ2v) is 4.72. The van der Waals surface area contributed by atoms with Gasteiger partial charge < -0.3 is 0 Å². The van der Waals surface area contributed by atoms with E-state index < -0.39 is 34.6 Å². The van der Waals surface area contributed by atoms with Crippen molar-refractivity contribution >= 4 is 0 Å². The van der Waals surface area contributed by atoms with E-state index in [0.29, 0.717) is 11.1 Å². The highest BCUT2D eigenvalue weighted by molar-refractivity contribution is 5.72. The Kier molecular flexibility index (Phi) is 3.54. The van der Waals surface area contributed by atoms with E-state index in [-0.39, 0.29) is 5.56 Å². The minimum absolute atomic E-state index is 0.0309. The fourth-order valence-electron chi connectivity index (χ4n) is 2.40. The second-order valence-electron chi connectivity index (χ2n) is 4.72. The molecule has 0 nitrogen and oxygen atoms in total. The highest BCUT2D eigenvalue weighted by atomic mass is 19.2. The smallest absolute Gasteiger partial charge is 0.200 e. The molecule has 0 saturated heterocycles. The summed E-state index contributed by atoms with van der Waals surface area (Å²) in [4.78, 5) is 0. The Hall–Kier alpha value is -1.91. The van der Waals surface area contributed by atoms with Crippen molar-refractivity contribution < 1.29 is 22.0 Å². The third kappa shape index (κ3) is 2.07. The van der Waals surface area contributed by atoms with E-state index in [4.69, 9.17) is 0 Å². The summed E-state index contributed by atoms with van der Waals surface area (Å²) in [6, 6.07) is 3.25. The molecular weight excluding hydrogens is 275 g/mol. The molecule has 2 aromatic carbocycles. The van der Waals surface area contributed by atoms with Crippen molar-refractivity contribution in [1.82, 2.24) is 0 Å². The molecule has 20 heavy (non-hydrogen) atoms. The summed E-state index contributed by atoms with van der Waals surface area (Å²) in [6.45, 7) is 4.91. The molecule has 0 aromatic heterocycles. The van der Waals surface area contributed by atoms with E-state index in [1.807, 2.05) is 0 Å². The first kappa shape index (κ1) is 14.5. The normalized spacial score (nSPS) is 11.0. The highest BCUT2D eigenvalue weighted by Gasteiger charge is 2.28.